The maximum absolute atomic E-state index is 3.76. The molecule has 0 nitrogen and oxygen atoms in total. The van der Waals surface area contributed by atoms with Gasteiger partial charge >= 0.3 is 89.5 Å². The van der Waals surface area contributed by atoms with E-state index in [1.807, 2.05) is 12.2 Å². The summed E-state index contributed by atoms with van der Waals surface area (Å²) in [7, 11) is 0. The van der Waals surface area contributed by atoms with E-state index in [0.29, 0.717) is 0 Å². The predicted octanol–water partition coefficient (Wildman–Crippen LogP) is -2.72. The quantitative estimate of drug-likeness (QED) is 0.359. The van der Waals surface area contributed by atoms with E-state index in [-0.39, 0.29) is 24.8 Å². The second-order valence-electron chi connectivity index (χ2n) is 2.97. The Morgan fingerprint density at radius 1 is 1.21 bits per heavy atom. The first-order chi connectivity index (χ1) is 5.77. The molecule has 0 bridgehead atoms. The number of hydrogen-bond acceptors (Lipinski definition) is 0. The molecule has 0 aliphatic heterocycles. The van der Waals surface area contributed by atoms with E-state index in [1.54, 1.807) is 3.33 Å². The van der Waals surface area contributed by atoms with Crippen molar-refractivity contribution in [3.05, 3.63) is 45.9 Å². The summed E-state index contributed by atoms with van der Waals surface area (Å²) in [5.74, 6) is 0. The Bertz CT molecular complexity index is 264. The fourth-order valence-electron chi connectivity index (χ4n) is 1.38. The van der Waals surface area contributed by atoms with Gasteiger partial charge in [-0.3, -0.25) is 0 Å². The van der Waals surface area contributed by atoms with E-state index in [9.17, 15) is 0 Å². The van der Waals surface area contributed by atoms with Crippen LogP contribution in [0, 0.1) is 0 Å². The van der Waals surface area contributed by atoms with E-state index < -0.39 is 0 Å². The molecule has 1 aliphatic carbocycles. The van der Waals surface area contributed by atoms with Crippen molar-refractivity contribution >= 4 is 0 Å². The molecule has 0 fully saturated rings. The smallest absolute Gasteiger partial charge is 1.00 e. The minimum absolute atomic E-state index is 0. The zero-order valence-corrected chi connectivity index (χ0v) is 13.1. The molecule has 75 valence electrons. The largest absolute Gasteiger partial charge is 1.00 e. The summed E-state index contributed by atoms with van der Waals surface area (Å²) in [6, 6.07) is 0. The van der Waals surface area contributed by atoms with Crippen molar-refractivity contribution in [2.45, 2.75) is 19.3 Å². The molecule has 0 aromatic carbocycles. The van der Waals surface area contributed by atoms with Crippen LogP contribution in [0.25, 0.3) is 0 Å². The molecule has 0 atom stereocenters. The van der Waals surface area contributed by atoms with Gasteiger partial charge in [0.1, 0.15) is 0 Å². The van der Waals surface area contributed by atoms with Crippen LogP contribution in [0.3, 0.4) is 0 Å². The molecule has 3 heteroatoms. The van der Waals surface area contributed by atoms with Gasteiger partial charge in [0.25, 0.3) is 0 Å². The molecular weight excluding hydrogens is 382 g/mol. The van der Waals surface area contributed by atoms with Crippen LogP contribution in [0.4, 0.5) is 0 Å². The summed E-state index contributed by atoms with van der Waals surface area (Å²) in [6.07, 6.45) is 9.58. The van der Waals surface area contributed by atoms with Gasteiger partial charge in [0.05, 0.1) is 0 Å². The summed E-state index contributed by atoms with van der Waals surface area (Å²) in [6.45, 7) is 7.51. The van der Waals surface area contributed by atoms with Gasteiger partial charge in [-0.2, -0.15) is 0 Å². The number of halogens is 2. The van der Waals surface area contributed by atoms with Gasteiger partial charge < -0.3 is 24.8 Å². The molecule has 0 unspecified atom stereocenters. The Morgan fingerprint density at radius 3 is 2.29 bits per heavy atom. The van der Waals surface area contributed by atoms with Gasteiger partial charge in [-0.25, -0.2) is 0 Å². The summed E-state index contributed by atoms with van der Waals surface area (Å²) >= 11 is 1.19. The van der Waals surface area contributed by atoms with E-state index in [4.69, 9.17) is 0 Å². The average Bonchev–Trinajstić information content (AvgIpc) is 2.34. The molecule has 0 saturated carbocycles. The average molecular weight is 395 g/mol. The van der Waals surface area contributed by atoms with E-state index in [2.05, 4.69) is 19.2 Å². The Morgan fingerprint density at radius 2 is 1.79 bits per heavy atom. The van der Waals surface area contributed by atoms with Crippen molar-refractivity contribution in [3.8, 4) is 0 Å². The molecule has 0 heterocycles. The Hall–Kier alpha value is 0.410. The molecule has 0 saturated heterocycles. The first kappa shape index (κ1) is 16.8. The summed E-state index contributed by atoms with van der Waals surface area (Å²) in [4.78, 5) is 0. The Kier molecular flexibility index (Phi) is 10.5. The van der Waals surface area contributed by atoms with E-state index in [1.165, 1.54) is 41.9 Å². The van der Waals surface area contributed by atoms with Crippen LogP contribution in [-0.2, 0) is 24.4 Å². The molecule has 0 aromatic rings. The standard InChI is InChI=1S/C11H13.2ClH.Hf/c1-3-5-10-7-8-11(9-10)6-4-2;;;/h3-4,9H,1-2,5-7H2;2*1H;/q;;;+2/p-2. The van der Waals surface area contributed by atoms with Crippen LogP contribution in [0.15, 0.2) is 45.9 Å². The van der Waals surface area contributed by atoms with Gasteiger partial charge in [-0.15, -0.1) is 0 Å². The summed E-state index contributed by atoms with van der Waals surface area (Å²) in [5, 5.41) is 0. The summed E-state index contributed by atoms with van der Waals surface area (Å²) in [5.41, 5.74) is 3.03. The Labute approximate surface area is 114 Å². The third-order valence-electron chi connectivity index (χ3n) is 1.94. The second kappa shape index (κ2) is 8.70. The van der Waals surface area contributed by atoms with Crippen molar-refractivity contribution in [2.24, 2.45) is 0 Å². The van der Waals surface area contributed by atoms with Crippen LogP contribution in [0.2, 0.25) is 0 Å². The monoisotopic (exact) mass is 395 g/mol. The first-order valence-corrected chi connectivity index (χ1v) is 5.92. The molecule has 0 spiro atoms. The van der Waals surface area contributed by atoms with Gasteiger partial charge in [0.15, 0.2) is 0 Å². The van der Waals surface area contributed by atoms with Crippen molar-refractivity contribution in [1.82, 2.24) is 0 Å². The fraction of sp³-hybridized carbons (Fsp3) is 0.273. The van der Waals surface area contributed by atoms with Gasteiger partial charge in [-0.05, 0) is 0 Å². The van der Waals surface area contributed by atoms with Crippen molar-refractivity contribution in [1.29, 1.82) is 0 Å². The zero-order valence-electron chi connectivity index (χ0n) is 8.02. The van der Waals surface area contributed by atoms with Gasteiger partial charge in [-0.1, -0.05) is 0 Å². The minimum Gasteiger partial charge on any atom is -1.00 e. The third-order valence-corrected chi connectivity index (χ3v) is 3.73. The molecule has 1 aliphatic rings. The maximum Gasteiger partial charge on any atom is -1.00 e. The number of hydrogen-bond donors (Lipinski definition) is 0. The number of rotatable bonds is 4. The number of allylic oxidation sites excluding steroid dienone is 6. The minimum atomic E-state index is 0. The van der Waals surface area contributed by atoms with Gasteiger partial charge in [0, 0.05) is 0 Å². The van der Waals surface area contributed by atoms with Crippen molar-refractivity contribution in [2.75, 3.05) is 0 Å². The van der Waals surface area contributed by atoms with Crippen molar-refractivity contribution < 1.29 is 49.2 Å². The van der Waals surface area contributed by atoms with Gasteiger partial charge in [0.2, 0.25) is 0 Å². The molecule has 14 heavy (non-hydrogen) atoms. The Balaban J connectivity index is 0. The third kappa shape index (κ3) is 4.77. The molecule has 0 N–H and O–H groups in total. The van der Waals surface area contributed by atoms with Crippen LogP contribution in [0.5, 0.6) is 0 Å². The molecule has 1 rings (SSSR count). The fourth-order valence-corrected chi connectivity index (χ4v) is 2.82. The normalized spacial score (nSPS) is 14.0. The predicted molar refractivity (Wildman–Crippen MR) is 49.4 cm³/mol. The molecule has 0 radical (unpaired) electrons. The molecule has 0 amide bonds. The van der Waals surface area contributed by atoms with E-state index in [0.717, 1.165) is 12.8 Å². The van der Waals surface area contributed by atoms with Crippen molar-refractivity contribution in [3.63, 3.8) is 0 Å². The topological polar surface area (TPSA) is 0 Å². The van der Waals surface area contributed by atoms with Crippen LogP contribution in [-0.4, -0.2) is 0 Å². The summed E-state index contributed by atoms with van der Waals surface area (Å²) < 4.78 is 1.63. The second-order valence-corrected chi connectivity index (χ2v) is 5.14. The van der Waals surface area contributed by atoms with Crippen LogP contribution in [0.1, 0.15) is 19.3 Å². The SMILES string of the molecule is C=CCC1=CC(CC=C)=[C]([Hf+2])C1.[Cl-].[Cl-]. The first-order valence-electron chi connectivity index (χ1n) is 4.12. The van der Waals surface area contributed by atoms with Crippen LogP contribution >= 0.6 is 0 Å². The molecule has 0 aromatic heterocycles. The zero-order chi connectivity index (χ0) is 8.97. The van der Waals surface area contributed by atoms with E-state index >= 15 is 0 Å². The maximum atomic E-state index is 3.76. The molecular formula is C11H13Cl2Hf. The van der Waals surface area contributed by atoms with Crippen LogP contribution < -0.4 is 24.8 Å².